The number of fused-ring (bicyclic) bond motifs is 3. The number of nitrogens with zero attached hydrogens (tertiary/aromatic N) is 3. The van der Waals surface area contributed by atoms with Gasteiger partial charge in [0.05, 0.1) is 11.6 Å². The predicted molar refractivity (Wildman–Crippen MR) is 224 cm³/mol. The number of hydrogen-bond donors (Lipinski definition) is 4. The smallest absolute Gasteiger partial charge is 0.247 e. The average molecular weight is 788 g/mol. The van der Waals surface area contributed by atoms with Gasteiger partial charge in [-0.05, 0) is 80.2 Å². The Morgan fingerprint density at radius 3 is 2.22 bits per heavy atom. The standard InChI is InChI=1S/C46H57N7O5/c1-51(29-32-16-8-5-9-17-32)45(57)38(26-31-14-6-4-7-15-31)49-43(55)37(48-28-39-46(58)53-35-23-21-33(22-24-35)42(53)44(56)50-39)27-34-30-52(40-19-12-11-18-36(34)40)41(54)20-10-2-3-13-25-47/h4-9,11-12,14-19,30,33,35,37-39,42,48H,2-3,10,13,20-29,47H2,1H3,(H,49,55)(H,50,56)/t33?,35?,37-,38+,39-,42?/m1/s1. The summed E-state index contributed by atoms with van der Waals surface area (Å²) in [4.78, 5) is 73.4. The summed E-state index contributed by atoms with van der Waals surface area (Å²) in [7, 11) is 1.73. The number of amides is 4. The number of nitrogens with two attached hydrogens (primary N) is 1. The number of piperazine rings is 1. The summed E-state index contributed by atoms with van der Waals surface area (Å²) in [5.74, 6) is -0.781. The summed E-state index contributed by atoms with van der Waals surface area (Å²) in [6, 6.07) is 23.9. The van der Waals surface area contributed by atoms with Crippen LogP contribution in [-0.4, -0.2) is 94.2 Å². The topological polar surface area (TPSA) is 159 Å². The summed E-state index contributed by atoms with van der Waals surface area (Å²) in [6.07, 6.45) is 9.91. The van der Waals surface area contributed by atoms with Crippen LogP contribution in [0, 0.1) is 5.92 Å². The minimum absolute atomic E-state index is 0.0227. The summed E-state index contributed by atoms with van der Waals surface area (Å²) >= 11 is 0. The number of nitrogens with one attached hydrogen (secondary N) is 3. The molecular weight excluding hydrogens is 731 g/mol. The van der Waals surface area contributed by atoms with Gasteiger partial charge in [0.2, 0.25) is 29.5 Å². The Morgan fingerprint density at radius 1 is 0.828 bits per heavy atom. The highest BCUT2D eigenvalue weighted by Gasteiger charge is 2.52. The normalized spacial score (nSPS) is 21.0. The lowest BCUT2D eigenvalue weighted by atomic mass is 9.73. The molecule has 1 unspecified atom stereocenters. The Kier molecular flexibility index (Phi) is 13.3. The summed E-state index contributed by atoms with van der Waals surface area (Å²) < 4.78 is 1.68. The van der Waals surface area contributed by atoms with Crippen LogP contribution in [0.3, 0.4) is 0 Å². The Bertz CT molecular complexity index is 2060. The van der Waals surface area contributed by atoms with Crippen LogP contribution in [0.5, 0.6) is 0 Å². The van der Waals surface area contributed by atoms with Gasteiger partial charge in [-0.2, -0.15) is 0 Å². The van der Waals surface area contributed by atoms with E-state index in [0.29, 0.717) is 19.5 Å². The van der Waals surface area contributed by atoms with E-state index in [0.717, 1.165) is 79.0 Å². The van der Waals surface area contributed by atoms with Crippen LogP contribution in [0.2, 0.25) is 0 Å². The molecule has 1 aliphatic carbocycles. The Labute approximate surface area is 340 Å². The second-order valence-corrected chi connectivity index (χ2v) is 16.3. The van der Waals surface area contributed by atoms with E-state index in [1.165, 1.54) is 0 Å². The summed E-state index contributed by atoms with van der Waals surface area (Å²) in [5, 5.41) is 10.3. The molecule has 4 aliphatic rings. The third-order valence-corrected chi connectivity index (χ3v) is 12.3. The van der Waals surface area contributed by atoms with Crippen LogP contribution < -0.4 is 21.7 Å². The highest BCUT2D eigenvalue weighted by atomic mass is 16.2. The van der Waals surface area contributed by atoms with Crippen molar-refractivity contribution in [2.24, 2.45) is 11.7 Å². The zero-order valence-corrected chi connectivity index (χ0v) is 33.5. The largest absolute Gasteiger partial charge is 0.343 e. The van der Waals surface area contributed by atoms with Crippen LogP contribution in [0.1, 0.15) is 79.3 Å². The molecule has 0 radical (unpaired) electrons. The van der Waals surface area contributed by atoms with Crippen molar-refractivity contribution >= 4 is 40.4 Å². The van der Waals surface area contributed by atoms with Gasteiger partial charge >= 0.3 is 0 Å². The molecule has 4 amide bonds. The minimum atomic E-state index is -0.920. The SMILES string of the molecule is CN(Cc1ccccc1)C(=O)[C@H](Cc1ccccc1)NC(=O)[C@@H](Cc1cn(C(=O)CCCCCCN)c2ccccc12)NC[C@H]1NC(=O)C2C3CCC(CC3)N2C1=O. The Hall–Kier alpha value is -5.33. The fourth-order valence-corrected chi connectivity index (χ4v) is 9.22. The third kappa shape index (κ3) is 9.34. The second kappa shape index (κ2) is 18.9. The van der Waals surface area contributed by atoms with Gasteiger partial charge in [-0.1, -0.05) is 91.7 Å². The van der Waals surface area contributed by atoms with E-state index < -0.39 is 30.1 Å². The van der Waals surface area contributed by atoms with Gasteiger partial charge in [0.15, 0.2) is 0 Å². The van der Waals surface area contributed by atoms with E-state index in [9.17, 15) is 24.0 Å². The van der Waals surface area contributed by atoms with Gasteiger partial charge in [-0.15, -0.1) is 0 Å². The lowest BCUT2D eigenvalue weighted by Crippen LogP contribution is -2.72. The first-order chi connectivity index (χ1) is 28.2. The highest BCUT2D eigenvalue weighted by molar-refractivity contribution is 5.98. The lowest BCUT2D eigenvalue weighted by molar-refractivity contribution is -0.162. The Morgan fingerprint density at radius 2 is 1.50 bits per heavy atom. The molecule has 3 saturated heterocycles. The first kappa shape index (κ1) is 40.9. The van der Waals surface area contributed by atoms with Gasteiger partial charge in [-0.25, -0.2) is 0 Å². The molecule has 5 N–H and O–H groups in total. The van der Waals surface area contributed by atoms with Crippen LogP contribution in [0.15, 0.2) is 91.1 Å². The Balaban J connectivity index is 1.15. The first-order valence-corrected chi connectivity index (χ1v) is 21.0. The van der Waals surface area contributed by atoms with Gasteiger partial charge in [-0.3, -0.25) is 28.5 Å². The molecular formula is C46H57N7O5. The number of likely N-dealkylation sites (N-methyl/N-ethyl adjacent to an activating group) is 1. The fourth-order valence-electron chi connectivity index (χ4n) is 9.22. The molecule has 4 heterocycles. The number of carbonyl (C=O) groups is 5. The highest BCUT2D eigenvalue weighted by Crippen LogP contribution is 2.41. The first-order valence-electron chi connectivity index (χ1n) is 21.0. The van der Waals surface area contributed by atoms with Gasteiger partial charge < -0.3 is 31.5 Å². The monoisotopic (exact) mass is 787 g/mol. The number of carbonyl (C=O) groups excluding carboxylic acids is 5. The quantitative estimate of drug-likeness (QED) is 0.109. The molecule has 12 heteroatoms. The van der Waals surface area contributed by atoms with E-state index in [4.69, 9.17) is 5.73 Å². The number of rotatable bonds is 18. The van der Waals surface area contributed by atoms with Gasteiger partial charge in [0.1, 0.15) is 18.1 Å². The second-order valence-electron chi connectivity index (χ2n) is 16.3. The molecule has 3 aliphatic heterocycles. The molecule has 0 spiro atoms. The lowest BCUT2D eigenvalue weighted by Gasteiger charge is -2.53. The molecule has 4 aromatic rings. The van der Waals surface area contributed by atoms with E-state index in [2.05, 4.69) is 16.0 Å². The number of hydrogen-bond acceptors (Lipinski definition) is 7. The van der Waals surface area contributed by atoms with Crippen molar-refractivity contribution in [3.8, 4) is 0 Å². The molecule has 58 heavy (non-hydrogen) atoms. The van der Waals surface area contributed by atoms with Crippen molar-refractivity contribution in [2.75, 3.05) is 20.1 Å². The number of unbranched alkanes of at least 4 members (excludes halogenated alkanes) is 3. The molecule has 4 atom stereocenters. The molecule has 4 fully saturated rings. The van der Waals surface area contributed by atoms with E-state index in [1.807, 2.05) is 96.0 Å². The van der Waals surface area contributed by atoms with E-state index in [1.54, 1.807) is 16.5 Å². The predicted octanol–water partition coefficient (Wildman–Crippen LogP) is 4.35. The number of piperidine rings is 2. The van der Waals surface area contributed by atoms with E-state index in [-0.39, 0.29) is 55.0 Å². The summed E-state index contributed by atoms with van der Waals surface area (Å²) in [6.45, 7) is 1.02. The van der Waals surface area contributed by atoms with Crippen LogP contribution in [0.25, 0.3) is 10.9 Å². The van der Waals surface area contributed by atoms with Crippen LogP contribution in [-0.2, 0) is 38.6 Å². The third-order valence-electron chi connectivity index (χ3n) is 12.3. The van der Waals surface area contributed by atoms with E-state index >= 15 is 0 Å². The molecule has 1 aromatic heterocycles. The van der Waals surface area contributed by atoms with Crippen molar-refractivity contribution in [3.05, 3.63) is 108 Å². The molecule has 3 aromatic carbocycles. The van der Waals surface area contributed by atoms with Gasteiger partial charge in [0.25, 0.3) is 0 Å². The van der Waals surface area contributed by atoms with Gasteiger partial charge in [0, 0.05) is 50.6 Å². The maximum absolute atomic E-state index is 14.7. The van der Waals surface area contributed by atoms with Crippen LogP contribution in [0.4, 0.5) is 0 Å². The van der Waals surface area contributed by atoms with Crippen molar-refractivity contribution < 1.29 is 24.0 Å². The maximum atomic E-state index is 14.7. The number of aromatic nitrogens is 1. The zero-order valence-electron chi connectivity index (χ0n) is 33.5. The number of benzene rings is 3. The van der Waals surface area contributed by atoms with Crippen LogP contribution >= 0.6 is 0 Å². The molecule has 8 rings (SSSR count). The molecule has 306 valence electrons. The van der Waals surface area contributed by atoms with Crippen molar-refractivity contribution in [3.63, 3.8) is 0 Å². The maximum Gasteiger partial charge on any atom is 0.247 e. The van der Waals surface area contributed by atoms with Crippen molar-refractivity contribution in [2.45, 2.75) is 107 Å². The molecule has 1 saturated carbocycles. The van der Waals surface area contributed by atoms with Crippen molar-refractivity contribution in [1.82, 2.24) is 30.3 Å². The fraction of sp³-hybridized carbons (Fsp3) is 0.457. The molecule has 12 nitrogen and oxygen atoms in total. The minimum Gasteiger partial charge on any atom is -0.343 e. The number of para-hydroxylation sites is 1. The van der Waals surface area contributed by atoms with Crippen molar-refractivity contribution in [1.29, 1.82) is 0 Å². The zero-order chi connectivity index (χ0) is 40.6. The summed E-state index contributed by atoms with van der Waals surface area (Å²) in [5.41, 5.74) is 9.05. The molecule has 2 bridgehead atoms. The average Bonchev–Trinajstić information content (AvgIpc) is 3.62.